The fraction of sp³-hybridized carbons (Fsp3) is 0.364. The van der Waals surface area contributed by atoms with Crippen molar-refractivity contribution >= 4 is 0 Å². The number of halogens is 3. The molecule has 0 spiro atoms. The van der Waals surface area contributed by atoms with E-state index in [2.05, 4.69) is 4.84 Å². The number of hydrogen-bond donors (Lipinski definition) is 0. The predicted molar refractivity (Wildman–Crippen MR) is 54.2 cm³/mol. The lowest BCUT2D eigenvalue weighted by atomic mass is 10.2. The quantitative estimate of drug-likeness (QED) is 0.747. The Balaban J connectivity index is 2.61. The number of hydrogen-bond acceptors (Lipinski definition) is 3. The van der Waals surface area contributed by atoms with Crippen LogP contribution in [0.2, 0.25) is 0 Å². The molecule has 0 heterocycles. The van der Waals surface area contributed by atoms with E-state index in [4.69, 9.17) is 5.26 Å². The first-order chi connectivity index (χ1) is 8.01. The maximum atomic E-state index is 12.1. The van der Waals surface area contributed by atoms with Crippen LogP contribution in [0.4, 0.5) is 13.2 Å². The lowest BCUT2D eigenvalue weighted by Gasteiger charge is -2.21. The molecule has 0 amide bonds. The maximum Gasteiger partial charge on any atom is 0.539 e. The summed E-state index contributed by atoms with van der Waals surface area (Å²) in [6.07, 6.45) is -4.76. The van der Waals surface area contributed by atoms with Gasteiger partial charge < -0.3 is 0 Å². The van der Waals surface area contributed by atoms with E-state index < -0.39 is 6.36 Å². The summed E-state index contributed by atoms with van der Waals surface area (Å²) < 4.78 is 36.3. The van der Waals surface area contributed by atoms with Crippen LogP contribution < -0.4 is 0 Å². The first-order valence-electron chi connectivity index (χ1n) is 4.93. The van der Waals surface area contributed by atoms with Gasteiger partial charge in [0.2, 0.25) is 0 Å². The summed E-state index contributed by atoms with van der Waals surface area (Å²) >= 11 is 0. The van der Waals surface area contributed by atoms with E-state index in [0.717, 1.165) is 5.06 Å². The summed E-state index contributed by atoms with van der Waals surface area (Å²) in [5.41, 5.74) is 0.690. The van der Waals surface area contributed by atoms with Crippen LogP contribution in [0.1, 0.15) is 12.0 Å². The minimum Gasteiger partial charge on any atom is -0.200 e. The molecule has 0 aliphatic rings. The van der Waals surface area contributed by atoms with Gasteiger partial charge in [-0.2, -0.15) is 15.2 Å². The van der Waals surface area contributed by atoms with E-state index in [1.54, 1.807) is 36.4 Å². The molecular weight excluding hydrogens is 233 g/mol. The SMILES string of the molecule is N#CCCN(Cc1ccccc1)OC(F)(F)F. The molecule has 0 fully saturated rings. The molecule has 6 heteroatoms. The van der Waals surface area contributed by atoms with Gasteiger partial charge in [0, 0.05) is 13.1 Å². The van der Waals surface area contributed by atoms with E-state index in [1.165, 1.54) is 0 Å². The lowest BCUT2D eigenvalue weighted by molar-refractivity contribution is -0.416. The van der Waals surface area contributed by atoms with E-state index in [1.807, 2.05) is 0 Å². The van der Waals surface area contributed by atoms with Crippen molar-refractivity contribution in [3.8, 4) is 6.07 Å². The van der Waals surface area contributed by atoms with Crippen molar-refractivity contribution in [1.29, 1.82) is 5.26 Å². The predicted octanol–water partition coefficient (Wildman–Crippen LogP) is 2.85. The molecule has 1 rings (SSSR count). The molecule has 0 saturated heterocycles. The fourth-order valence-corrected chi connectivity index (χ4v) is 1.27. The highest BCUT2D eigenvalue weighted by atomic mass is 19.4. The molecule has 0 atom stereocenters. The molecule has 0 unspecified atom stereocenters. The largest absolute Gasteiger partial charge is 0.539 e. The Morgan fingerprint density at radius 2 is 1.88 bits per heavy atom. The Kier molecular flexibility index (Phi) is 4.94. The topological polar surface area (TPSA) is 36.3 Å². The number of benzene rings is 1. The molecule has 3 nitrogen and oxygen atoms in total. The monoisotopic (exact) mass is 244 g/mol. The van der Waals surface area contributed by atoms with Crippen LogP contribution in [0.3, 0.4) is 0 Å². The van der Waals surface area contributed by atoms with Gasteiger partial charge in [-0.15, -0.1) is 13.2 Å². The highest BCUT2D eigenvalue weighted by molar-refractivity contribution is 5.14. The van der Waals surface area contributed by atoms with Crippen molar-refractivity contribution in [2.75, 3.05) is 6.54 Å². The van der Waals surface area contributed by atoms with Crippen molar-refractivity contribution in [1.82, 2.24) is 5.06 Å². The van der Waals surface area contributed by atoms with Gasteiger partial charge in [0.1, 0.15) is 0 Å². The molecular formula is C11H11F3N2O. The van der Waals surface area contributed by atoms with Gasteiger partial charge in [0.25, 0.3) is 0 Å². The molecule has 1 aromatic carbocycles. The second-order valence-electron chi connectivity index (χ2n) is 3.29. The molecule has 0 aromatic heterocycles. The zero-order chi connectivity index (χ0) is 12.7. The van der Waals surface area contributed by atoms with Crippen LogP contribution in [-0.4, -0.2) is 18.0 Å². The summed E-state index contributed by atoms with van der Waals surface area (Å²) in [5, 5.41) is 9.10. The van der Waals surface area contributed by atoms with Gasteiger partial charge in [0.15, 0.2) is 0 Å². The van der Waals surface area contributed by atoms with Gasteiger partial charge in [-0.1, -0.05) is 30.3 Å². The van der Waals surface area contributed by atoms with Crippen molar-refractivity contribution < 1.29 is 18.0 Å². The fourth-order valence-electron chi connectivity index (χ4n) is 1.27. The standard InChI is InChI=1S/C11H11F3N2O/c12-11(13,14)17-16(8-4-7-15)9-10-5-2-1-3-6-10/h1-3,5-6H,4,8-9H2. The van der Waals surface area contributed by atoms with Gasteiger partial charge in [-0.05, 0) is 5.56 Å². The van der Waals surface area contributed by atoms with E-state index >= 15 is 0 Å². The Hall–Kier alpha value is -1.58. The van der Waals surface area contributed by atoms with Crippen LogP contribution in [0.25, 0.3) is 0 Å². The molecule has 0 aliphatic heterocycles. The van der Waals surface area contributed by atoms with Crippen LogP contribution >= 0.6 is 0 Å². The average Bonchev–Trinajstić information content (AvgIpc) is 2.25. The van der Waals surface area contributed by atoms with Crippen LogP contribution in [0, 0.1) is 11.3 Å². The zero-order valence-corrected chi connectivity index (χ0v) is 8.94. The second-order valence-corrected chi connectivity index (χ2v) is 3.29. The third-order valence-electron chi connectivity index (χ3n) is 1.91. The first-order valence-corrected chi connectivity index (χ1v) is 4.93. The maximum absolute atomic E-state index is 12.1. The van der Waals surface area contributed by atoms with Crippen molar-refractivity contribution in [2.45, 2.75) is 19.3 Å². The van der Waals surface area contributed by atoms with Crippen LogP contribution in [-0.2, 0) is 11.4 Å². The summed E-state index contributed by atoms with van der Waals surface area (Å²) in [6, 6.07) is 10.4. The smallest absolute Gasteiger partial charge is 0.200 e. The minimum absolute atomic E-state index is 0.0119. The molecule has 0 saturated carbocycles. The van der Waals surface area contributed by atoms with Crippen LogP contribution in [0.5, 0.6) is 0 Å². The van der Waals surface area contributed by atoms with E-state index in [9.17, 15) is 13.2 Å². The molecule has 1 aromatic rings. The molecule has 0 bridgehead atoms. The summed E-state index contributed by atoms with van der Waals surface area (Å²) in [5.74, 6) is 0. The number of nitrogens with zero attached hydrogens (tertiary/aromatic N) is 2. The van der Waals surface area contributed by atoms with E-state index in [0.29, 0.717) is 5.56 Å². The average molecular weight is 244 g/mol. The van der Waals surface area contributed by atoms with Crippen LogP contribution in [0.15, 0.2) is 30.3 Å². The lowest BCUT2D eigenvalue weighted by Crippen LogP contribution is -2.31. The highest BCUT2D eigenvalue weighted by Crippen LogP contribution is 2.20. The van der Waals surface area contributed by atoms with Crippen molar-refractivity contribution in [3.63, 3.8) is 0 Å². The van der Waals surface area contributed by atoms with Crippen molar-refractivity contribution in [3.05, 3.63) is 35.9 Å². The Bertz CT molecular complexity index is 373. The molecule has 0 aliphatic carbocycles. The van der Waals surface area contributed by atoms with Gasteiger partial charge in [-0.25, -0.2) is 0 Å². The number of hydroxylamine groups is 2. The first kappa shape index (κ1) is 13.5. The molecule has 0 radical (unpaired) electrons. The molecule has 92 valence electrons. The van der Waals surface area contributed by atoms with Gasteiger partial charge in [0.05, 0.1) is 12.5 Å². The normalized spacial score (nSPS) is 11.5. The molecule has 17 heavy (non-hydrogen) atoms. The Morgan fingerprint density at radius 1 is 1.24 bits per heavy atom. The summed E-state index contributed by atoms with van der Waals surface area (Å²) in [4.78, 5) is 3.83. The van der Waals surface area contributed by atoms with E-state index in [-0.39, 0.29) is 19.5 Å². The number of alkyl halides is 3. The Morgan fingerprint density at radius 3 is 2.41 bits per heavy atom. The number of rotatable bonds is 5. The third kappa shape index (κ3) is 5.90. The minimum atomic E-state index is -4.73. The van der Waals surface area contributed by atoms with Crippen molar-refractivity contribution in [2.24, 2.45) is 0 Å². The number of nitriles is 1. The summed E-state index contributed by atoms with van der Waals surface area (Å²) in [7, 11) is 0. The van der Waals surface area contributed by atoms with Gasteiger partial charge >= 0.3 is 6.36 Å². The Labute approximate surface area is 97.0 Å². The van der Waals surface area contributed by atoms with Gasteiger partial charge in [-0.3, -0.25) is 0 Å². The summed E-state index contributed by atoms with van der Waals surface area (Å²) in [6.45, 7) is -0.104. The zero-order valence-electron chi connectivity index (χ0n) is 8.94. The highest BCUT2D eigenvalue weighted by Gasteiger charge is 2.33. The second kappa shape index (κ2) is 6.23. The molecule has 0 N–H and O–H groups in total. The third-order valence-corrected chi connectivity index (χ3v) is 1.91.